The summed E-state index contributed by atoms with van der Waals surface area (Å²) in [4.78, 5) is 0. The van der Waals surface area contributed by atoms with Crippen molar-refractivity contribution in [3.05, 3.63) is 43.3 Å². The molecule has 4 radical (unpaired) electrons. The highest BCUT2D eigenvalue weighted by molar-refractivity contribution is 5.13. The van der Waals surface area contributed by atoms with Crippen molar-refractivity contribution in [1.29, 1.82) is 0 Å². The molecular formula is C15H20O5. The minimum absolute atomic E-state index is 0. The molecule has 1 aromatic rings. The summed E-state index contributed by atoms with van der Waals surface area (Å²) in [7, 11) is 0. The van der Waals surface area contributed by atoms with Gasteiger partial charge in [0.2, 0.25) is 0 Å². The summed E-state index contributed by atoms with van der Waals surface area (Å²) >= 11 is 0. The fourth-order valence-electron chi connectivity index (χ4n) is 2.32. The molecule has 0 spiro atoms. The molecule has 1 aliphatic carbocycles. The summed E-state index contributed by atoms with van der Waals surface area (Å²) in [5.74, 6) is 0. The van der Waals surface area contributed by atoms with Gasteiger partial charge in [0, 0.05) is 7.43 Å². The van der Waals surface area contributed by atoms with Gasteiger partial charge in [-0.3, -0.25) is 0 Å². The number of aliphatic hydroxyl groups excluding tert-OH is 3. The molecular weight excluding hydrogens is 260 g/mol. The van der Waals surface area contributed by atoms with Gasteiger partial charge in [0.15, 0.2) is 0 Å². The van der Waals surface area contributed by atoms with Crippen molar-refractivity contribution < 1.29 is 25.2 Å². The average molecular weight is 280 g/mol. The van der Waals surface area contributed by atoms with Crippen LogP contribution in [-0.4, -0.2) is 50.9 Å². The zero-order chi connectivity index (χ0) is 13.9. The van der Waals surface area contributed by atoms with Crippen molar-refractivity contribution in [2.45, 2.75) is 43.4 Å². The Bertz CT molecular complexity index is 397. The molecule has 5 heteroatoms. The molecule has 1 saturated carbocycles. The summed E-state index contributed by atoms with van der Waals surface area (Å²) < 4.78 is 5.41. The highest BCUT2D eigenvalue weighted by Crippen LogP contribution is 2.29. The maximum atomic E-state index is 10.3. The fraction of sp³-hybridized carbons (Fsp3) is 0.533. The molecule has 1 aliphatic rings. The Morgan fingerprint density at radius 3 is 2.45 bits per heavy atom. The van der Waals surface area contributed by atoms with E-state index in [0.29, 0.717) is 6.61 Å². The highest BCUT2D eigenvalue weighted by Gasteiger charge is 2.46. The number of aliphatic hydroxyl groups is 4. The third kappa shape index (κ3) is 3.77. The molecule has 110 valence electrons. The molecule has 4 N–H and O–H groups in total. The Kier molecular flexibility index (Phi) is 6.10. The van der Waals surface area contributed by atoms with Crippen molar-refractivity contribution in [3.8, 4) is 0 Å². The molecule has 0 saturated heterocycles. The van der Waals surface area contributed by atoms with Gasteiger partial charge in [0.05, 0.1) is 19.3 Å². The van der Waals surface area contributed by atoms with Gasteiger partial charge in [-0.1, -0.05) is 30.3 Å². The zero-order valence-electron chi connectivity index (χ0n) is 11.1. The average Bonchev–Trinajstić information content (AvgIpc) is 2.43. The van der Waals surface area contributed by atoms with E-state index in [0.717, 1.165) is 5.56 Å². The summed E-state index contributed by atoms with van der Waals surface area (Å²) in [6.45, 7) is 0.251. The van der Waals surface area contributed by atoms with Crippen molar-refractivity contribution in [2.24, 2.45) is 0 Å². The molecule has 0 heterocycles. The molecule has 4 unspecified atom stereocenters. The predicted octanol–water partition coefficient (Wildman–Crippen LogP) is -0.108. The lowest BCUT2D eigenvalue weighted by molar-refractivity contribution is -0.205. The summed E-state index contributed by atoms with van der Waals surface area (Å²) in [6, 6.07) is 9.49. The first-order chi connectivity index (χ1) is 9.03. The SMILES string of the molecule is OC1CCC(O)(COCc2ccccc2)C(O)C1O.[C]. The Morgan fingerprint density at radius 1 is 1.15 bits per heavy atom. The van der Waals surface area contributed by atoms with Gasteiger partial charge in [0.1, 0.15) is 17.8 Å². The first kappa shape index (κ1) is 17.1. The maximum Gasteiger partial charge on any atom is 0.116 e. The van der Waals surface area contributed by atoms with E-state index < -0.39 is 23.9 Å². The van der Waals surface area contributed by atoms with E-state index in [1.807, 2.05) is 30.3 Å². The highest BCUT2D eigenvalue weighted by atomic mass is 16.5. The van der Waals surface area contributed by atoms with Crippen LogP contribution in [0.4, 0.5) is 0 Å². The van der Waals surface area contributed by atoms with E-state index in [1.54, 1.807) is 0 Å². The number of ether oxygens (including phenoxy) is 1. The Morgan fingerprint density at radius 2 is 1.80 bits per heavy atom. The van der Waals surface area contributed by atoms with Crippen molar-refractivity contribution in [3.63, 3.8) is 0 Å². The molecule has 0 aliphatic heterocycles. The smallest absolute Gasteiger partial charge is 0.116 e. The fourth-order valence-corrected chi connectivity index (χ4v) is 2.32. The van der Waals surface area contributed by atoms with Crippen LogP contribution in [-0.2, 0) is 11.3 Å². The van der Waals surface area contributed by atoms with Crippen LogP contribution < -0.4 is 0 Å². The Balaban J connectivity index is 0.00000200. The molecule has 0 bridgehead atoms. The van der Waals surface area contributed by atoms with Gasteiger partial charge in [0.25, 0.3) is 0 Å². The third-order valence-corrected chi connectivity index (χ3v) is 3.60. The normalized spacial score (nSPS) is 33.5. The molecule has 1 fully saturated rings. The molecule has 20 heavy (non-hydrogen) atoms. The summed E-state index contributed by atoms with van der Waals surface area (Å²) in [5.41, 5.74) is -0.537. The van der Waals surface area contributed by atoms with Gasteiger partial charge in [-0.2, -0.15) is 0 Å². The van der Waals surface area contributed by atoms with Crippen molar-refractivity contribution in [1.82, 2.24) is 0 Å². The molecule has 1 aromatic carbocycles. The molecule has 0 amide bonds. The second kappa shape index (κ2) is 7.15. The molecule has 2 rings (SSSR count). The van der Waals surface area contributed by atoms with E-state index in [4.69, 9.17) is 4.74 Å². The molecule has 0 aromatic heterocycles. The number of hydrogen-bond donors (Lipinski definition) is 4. The van der Waals surface area contributed by atoms with E-state index in [-0.39, 0.29) is 26.9 Å². The summed E-state index contributed by atoms with van der Waals surface area (Å²) in [6.07, 6.45) is -3.29. The second-order valence-electron chi connectivity index (χ2n) is 5.12. The third-order valence-electron chi connectivity index (χ3n) is 3.60. The van der Waals surface area contributed by atoms with Crippen LogP contribution in [0.25, 0.3) is 0 Å². The van der Waals surface area contributed by atoms with Crippen LogP contribution in [0.2, 0.25) is 0 Å². The quantitative estimate of drug-likeness (QED) is 0.618. The van der Waals surface area contributed by atoms with Crippen LogP contribution in [0.3, 0.4) is 0 Å². The number of hydrogen-bond acceptors (Lipinski definition) is 5. The number of rotatable bonds is 4. The first-order valence-corrected chi connectivity index (χ1v) is 6.41. The molecule has 5 nitrogen and oxygen atoms in total. The predicted molar refractivity (Wildman–Crippen MR) is 71.5 cm³/mol. The van der Waals surface area contributed by atoms with Gasteiger partial charge < -0.3 is 25.2 Å². The van der Waals surface area contributed by atoms with Crippen LogP contribution in [0.15, 0.2) is 30.3 Å². The monoisotopic (exact) mass is 280 g/mol. The Hall–Kier alpha value is -0.980. The number of benzene rings is 1. The van der Waals surface area contributed by atoms with E-state index in [9.17, 15) is 20.4 Å². The lowest BCUT2D eigenvalue weighted by atomic mass is 9.79. The minimum atomic E-state index is -1.51. The van der Waals surface area contributed by atoms with Gasteiger partial charge in [-0.05, 0) is 18.4 Å². The van der Waals surface area contributed by atoms with E-state index in [1.165, 1.54) is 0 Å². The second-order valence-corrected chi connectivity index (χ2v) is 5.12. The summed E-state index contributed by atoms with van der Waals surface area (Å²) in [5, 5.41) is 39.1. The largest absolute Gasteiger partial charge is 0.390 e. The van der Waals surface area contributed by atoms with Gasteiger partial charge >= 0.3 is 0 Å². The standard InChI is InChI=1S/C14H20O5.C/c15-11-6-7-14(18,13(17)12(11)16)9-19-8-10-4-2-1-3-5-10;/h1-5,11-13,15-18H,6-9H2;. The topological polar surface area (TPSA) is 90.2 Å². The minimum Gasteiger partial charge on any atom is -0.390 e. The lowest BCUT2D eigenvalue weighted by Gasteiger charge is -2.41. The van der Waals surface area contributed by atoms with Gasteiger partial charge in [-0.25, -0.2) is 0 Å². The van der Waals surface area contributed by atoms with Crippen LogP contribution in [0.5, 0.6) is 0 Å². The first-order valence-electron chi connectivity index (χ1n) is 6.41. The van der Waals surface area contributed by atoms with Crippen LogP contribution in [0, 0.1) is 7.43 Å². The lowest BCUT2D eigenvalue weighted by Crippen LogP contribution is -2.59. The maximum absolute atomic E-state index is 10.3. The van der Waals surface area contributed by atoms with E-state index >= 15 is 0 Å². The zero-order valence-corrected chi connectivity index (χ0v) is 11.1. The van der Waals surface area contributed by atoms with Crippen LogP contribution >= 0.6 is 0 Å². The van der Waals surface area contributed by atoms with E-state index in [2.05, 4.69) is 0 Å². The van der Waals surface area contributed by atoms with Crippen molar-refractivity contribution in [2.75, 3.05) is 6.61 Å². The van der Waals surface area contributed by atoms with Crippen LogP contribution in [0.1, 0.15) is 18.4 Å². The van der Waals surface area contributed by atoms with Gasteiger partial charge in [-0.15, -0.1) is 0 Å². The van der Waals surface area contributed by atoms with Crippen molar-refractivity contribution >= 4 is 0 Å². The molecule has 4 atom stereocenters. The Labute approximate surface area is 119 Å².